The summed E-state index contributed by atoms with van der Waals surface area (Å²) in [5.41, 5.74) is 3.92. The minimum absolute atomic E-state index is 0.177. The summed E-state index contributed by atoms with van der Waals surface area (Å²) in [5.74, 6) is 1.06. The zero-order valence-corrected chi connectivity index (χ0v) is 17.3. The fourth-order valence-corrected chi connectivity index (χ4v) is 3.79. The number of anilines is 1. The Labute approximate surface area is 172 Å². The van der Waals surface area contributed by atoms with Crippen LogP contribution in [0.4, 0.5) is 5.69 Å². The van der Waals surface area contributed by atoms with Crippen molar-refractivity contribution in [3.63, 3.8) is 0 Å². The van der Waals surface area contributed by atoms with Crippen LogP contribution in [0.1, 0.15) is 36.7 Å². The second-order valence-electron chi connectivity index (χ2n) is 7.07. The molecule has 2 heterocycles. The number of hydrogen-bond donors (Lipinski definition) is 1. The Balaban J connectivity index is 1.46. The maximum absolute atomic E-state index is 12.3. The Morgan fingerprint density at radius 2 is 1.93 bits per heavy atom. The lowest BCUT2D eigenvalue weighted by Crippen LogP contribution is -2.07. The summed E-state index contributed by atoms with van der Waals surface area (Å²) in [7, 11) is 0. The van der Waals surface area contributed by atoms with E-state index in [0.29, 0.717) is 5.92 Å². The first-order valence-electron chi connectivity index (χ1n) is 9.38. The topological polar surface area (TPSA) is 72.2 Å². The first-order valence-corrected chi connectivity index (χ1v) is 10.2. The number of nitrogens with zero attached hydrogens (tertiary/aromatic N) is 4. The van der Waals surface area contributed by atoms with Crippen LogP contribution in [0.2, 0.25) is 0 Å². The fourth-order valence-electron chi connectivity index (χ4n) is 2.91. The highest BCUT2D eigenvalue weighted by molar-refractivity contribution is 7.19. The van der Waals surface area contributed by atoms with Crippen LogP contribution in [0.15, 0.2) is 54.6 Å². The molecule has 0 spiro atoms. The van der Waals surface area contributed by atoms with Gasteiger partial charge in [-0.2, -0.15) is 9.61 Å². The molecule has 146 valence electrons. The first-order chi connectivity index (χ1) is 14.0. The van der Waals surface area contributed by atoms with Crippen molar-refractivity contribution in [1.82, 2.24) is 19.8 Å². The van der Waals surface area contributed by atoms with E-state index < -0.39 is 0 Å². The molecule has 4 aromatic rings. The van der Waals surface area contributed by atoms with E-state index in [1.807, 2.05) is 49.4 Å². The molecule has 1 N–H and O–H groups in total. The maximum atomic E-state index is 12.3. The molecule has 2 aromatic heterocycles. The van der Waals surface area contributed by atoms with E-state index in [4.69, 9.17) is 0 Å². The number of carbonyl (C=O) groups excluding carboxylic acids is 1. The van der Waals surface area contributed by atoms with Gasteiger partial charge >= 0.3 is 0 Å². The standard InChI is InChI=1S/C22H21N5OS/c1-14(2)17-10-7-16(8-11-17)9-12-20(28)23-19-6-4-5-18(13-19)21-26-27-15(3)24-25-22(27)29-21/h4-14H,1-3H3,(H,23,28). The molecule has 7 heteroatoms. The van der Waals surface area contributed by atoms with Gasteiger partial charge in [0.1, 0.15) is 5.01 Å². The predicted molar refractivity (Wildman–Crippen MR) is 117 cm³/mol. The number of fused-ring (bicyclic) bond motifs is 1. The van der Waals surface area contributed by atoms with Gasteiger partial charge in [-0.25, -0.2) is 0 Å². The molecule has 0 saturated heterocycles. The Bertz CT molecular complexity index is 1190. The molecule has 0 aliphatic rings. The zero-order chi connectivity index (χ0) is 20.4. The predicted octanol–water partition coefficient (Wildman–Crippen LogP) is 4.94. The smallest absolute Gasteiger partial charge is 0.248 e. The molecule has 0 bridgehead atoms. The molecular weight excluding hydrogens is 382 g/mol. The Hall–Kier alpha value is -3.32. The van der Waals surface area contributed by atoms with Crippen LogP contribution in [-0.4, -0.2) is 25.7 Å². The van der Waals surface area contributed by atoms with Crippen LogP contribution in [0, 0.1) is 6.92 Å². The van der Waals surface area contributed by atoms with Crippen molar-refractivity contribution < 1.29 is 4.79 Å². The number of amides is 1. The molecule has 0 aliphatic heterocycles. The first kappa shape index (κ1) is 19.0. The zero-order valence-electron chi connectivity index (χ0n) is 16.5. The van der Waals surface area contributed by atoms with E-state index in [1.165, 1.54) is 16.9 Å². The van der Waals surface area contributed by atoms with Gasteiger partial charge in [-0.3, -0.25) is 4.79 Å². The third-order valence-electron chi connectivity index (χ3n) is 4.55. The summed E-state index contributed by atoms with van der Waals surface area (Å²) in [4.78, 5) is 13.1. The maximum Gasteiger partial charge on any atom is 0.248 e. The van der Waals surface area contributed by atoms with Crippen molar-refractivity contribution in [2.45, 2.75) is 26.7 Å². The molecule has 0 saturated carbocycles. The van der Waals surface area contributed by atoms with Gasteiger partial charge in [0.05, 0.1) is 0 Å². The third-order valence-corrected chi connectivity index (χ3v) is 5.50. The Morgan fingerprint density at radius 1 is 1.14 bits per heavy atom. The lowest BCUT2D eigenvalue weighted by Gasteiger charge is -2.05. The van der Waals surface area contributed by atoms with Crippen molar-refractivity contribution in [2.75, 3.05) is 5.32 Å². The quantitative estimate of drug-likeness (QED) is 0.479. The summed E-state index contributed by atoms with van der Waals surface area (Å²) in [5, 5.41) is 16.4. The minimum Gasteiger partial charge on any atom is -0.322 e. The van der Waals surface area contributed by atoms with Crippen LogP contribution in [0.5, 0.6) is 0 Å². The van der Waals surface area contributed by atoms with Gasteiger partial charge in [-0.1, -0.05) is 61.6 Å². The van der Waals surface area contributed by atoms with Gasteiger partial charge in [-0.15, -0.1) is 10.2 Å². The second-order valence-corrected chi connectivity index (χ2v) is 8.03. The normalized spacial score (nSPS) is 11.6. The summed E-state index contributed by atoms with van der Waals surface area (Å²) in [6, 6.07) is 15.9. The van der Waals surface area contributed by atoms with Crippen LogP contribution < -0.4 is 5.32 Å². The monoisotopic (exact) mass is 403 g/mol. The average molecular weight is 404 g/mol. The van der Waals surface area contributed by atoms with Gasteiger partial charge < -0.3 is 5.32 Å². The van der Waals surface area contributed by atoms with E-state index in [0.717, 1.165) is 32.6 Å². The Morgan fingerprint density at radius 3 is 2.66 bits per heavy atom. The molecule has 0 fully saturated rings. The number of hydrogen-bond acceptors (Lipinski definition) is 5. The SMILES string of the molecule is Cc1nnc2sc(-c3cccc(NC(=O)C=Cc4ccc(C(C)C)cc4)c3)nn12. The van der Waals surface area contributed by atoms with E-state index in [1.54, 1.807) is 10.6 Å². The number of aromatic nitrogens is 4. The number of aryl methyl sites for hydroxylation is 1. The molecule has 6 nitrogen and oxygen atoms in total. The van der Waals surface area contributed by atoms with E-state index in [-0.39, 0.29) is 5.91 Å². The van der Waals surface area contributed by atoms with Gasteiger partial charge in [-0.05, 0) is 42.2 Å². The highest BCUT2D eigenvalue weighted by Gasteiger charge is 2.11. The number of carbonyl (C=O) groups is 1. The van der Waals surface area contributed by atoms with Crippen molar-refractivity contribution in [3.05, 3.63) is 71.6 Å². The molecular formula is C22H21N5OS. The highest BCUT2D eigenvalue weighted by Crippen LogP contribution is 2.27. The minimum atomic E-state index is -0.177. The van der Waals surface area contributed by atoms with Crippen LogP contribution in [0.3, 0.4) is 0 Å². The highest BCUT2D eigenvalue weighted by atomic mass is 32.1. The van der Waals surface area contributed by atoms with E-state index in [2.05, 4.69) is 46.6 Å². The van der Waals surface area contributed by atoms with Crippen molar-refractivity contribution in [2.24, 2.45) is 0 Å². The number of nitrogens with one attached hydrogen (secondary N) is 1. The van der Waals surface area contributed by atoms with Gasteiger partial charge in [0.2, 0.25) is 10.9 Å². The molecule has 0 unspecified atom stereocenters. The molecule has 29 heavy (non-hydrogen) atoms. The summed E-state index contributed by atoms with van der Waals surface area (Å²) in [6.45, 7) is 6.19. The molecule has 4 rings (SSSR count). The van der Waals surface area contributed by atoms with Crippen LogP contribution >= 0.6 is 11.3 Å². The fraction of sp³-hybridized carbons (Fsp3) is 0.182. The lowest BCUT2D eigenvalue weighted by molar-refractivity contribution is -0.111. The molecule has 2 aromatic carbocycles. The van der Waals surface area contributed by atoms with Gasteiger partial charge in [0, 0.05) is 17.3 Å². The summed E-state index contributed by atoms with van der Waals surface area (Å²) < 4.78 is 1.72. The van der Waals surface area contributed by atoms with Gasteiger partial charge in [0.25, 0.3) is 0 Å². The van der Waals surface area contributed by atoms with Crippen molar-refractivity contribution >= 4 is 34.0 Å². The number of benzene rings is 2. The van der Waals surface area contributed by atoms with E-state index in [9.17, 15) is 4.79 Å². The third kappa shape index (κ3) is 4.25. The largest absolute Gasteiger partial charge is 0.322 e. The lowest BCUT2D eigenvalue weighted by atomic mass is 10.0. The number of rotatable bonds is 5. The van der Waals surface area contributed by atoms with E-state index >= 15 is 0 Å². The summed E-state index contributed by atoms with van der Waals surface area (Å²) >= 11 is 1.46. The molecule has 0 aliphatic carbocycles. The molecule has 0 radical (unpaired) electrons. The van der Waals surface area contributed by atoms with Crippen molar-refractivity contribution in [1.29, 1.82) is 0 Å². The average Bonchev–Trinajstić information content (AvgIpc) is 3.29. The van der Waals surface area contributed by atoms with Crippen LogP contribution in [-0.2, 0) is 4.79 Å². The Kier molecular flexibility index (Phi) is 5.22. The molecule has 1 amide bonds. The van der Waals surface area contributed by atoms with Crippen molar-refractivity contribution in [3.8, 4) is 10.6 Å². The summed E-state index contributed by atoms with van der Waals surface area (Å²) in [6.07, 6.45) is 3.36. The second kappa shape index (κ2) is 7.97. The van der Waals surface area contributed by atoms with Gasteiger partial charge in [0.15, 0.2) is 5.82 Å². The molecule has 0 atom stereocenters. The van der Waals surface area contributed by atoms with Crippen LogP contribution in [0.25, 0.3) is 21.6 Å².